The predicted molar refractivity (Wildman–Crippen MR) is 68.9 cm³/mol. The van der Waals surface area contributed by atoms with E-state index in [1.54, 1.807) is 14.1 Å². The lowest BCUT2D eigenvalue weighted by molar-refractivity contribution is -0.802. The van der Waals surface area contributed by atoms with Gasteiger partial charge in [0.05, 0.1) is 27.3 Å². The van der Waals surface area contributed by atoms with Crippen LogP contribution in [0, 0.1) is 29.1 Å². The summed E-state index contributed by atoms with van der Waals surface area (Å²) in [6, 6.07) is 0. The Hall–Kier alpha value is -1.45. The summed E-state index contributed by atoms with van der Waals surface area (Å²) in [5, 5.41) is 0. The first kappa shape index (κ1) is 16.4. The Morgan fingerprint density at radius 2 is 1.39 bits per heavy atom. The van der Waals surface area contributed by atoms with Crippen molar-refractivity contribution in [2.45, 2.75) is 12.4 Å². The van der Waals surface area contributed by atoms with Crippen molar-refractivity contribution >= 4 is 0 Å². The van der Waals surface area contributed by atoms with Crippen LogP contribution in [-0.2, 0) is 4.74 Å². The molecule has 2 atom stereocenters. The summed E-state index contributed by atoms with van der Waals surface area (Å²) in [5.74, 6) is -11.3. The fraction of sp³-hybridized carbons (Fsp3) is 0.571. The zero-order chi connectivity index (χ0) is 16.9. The van der Waals surface area contributed by atoms with Crippen molar-refractivity contribution in [1.82, 2.24) is 4.90 Å². The third-order valence-electron chi connectivity index (χ3n) is 4.33. The van der Waals surface area contributed by atoms with E-state index in [1.165, 1.54) is 0 Å². The molecule has 4 nitrogen and oxygen atoms in total. The summed E-state index contributed by atoms with van der Waals surface area (Å²) in [6.07, 6.45) is -0.949. The Morgan fingerprint density at radius 3 is 1.91 bits per heavy atom. The lowest BCUT2D eigenvalue weighted by Gasteiger charge is -2.24. The lowest BCUT2D eigenvalue weighted by atomic mass is 10.2. The first-order valence-electron chi connectivity index (χ1n) is 7.10. The van der Waals surface area contributed by atoms with Gasteiger partial charge in [-0.2, -0.15) is 8.78 Å². The Morgan fingerprint density at radius 1 is 0.913 bits per heavy atom. The van der Waals surface area contributed by atoms with E-state index in [2.05, 4.69) is 0 Å². The van der Waals surface area contributed by atoms with Gasteiger partial charge in [-0.3, -0.25) is 4.48 Å². The summed E-state index contributed by atoms with van der Waals surface area (Å²) < 4.78 is 77.6. The second kappa shape index (κ2) is 5.57. The zero-order valence-corrected chi connectivity index (χ0v) is 12.6. The molecule has 128 valence electrons. The molecule has 0 bridgehead atoms. The Balaban J connectivity index is 1.85. The van der Waals surface area contributed by atoms with E-state index in [1.807, 2.05) is 4.90 Å². The molecule has 2 unspecified atom stereocenters. The molecule has 2 fully saturated rings. The van der Waals surface area contributed by atoms with Gasteiger partial charge >= 0.3 is 6.23 Å². The zero-order valence-electron chi connectivity index (χ0n) is 12.6. The van der Waals surface area contributed by atoms with Crippen LogP contribution in [0.2, 0.25) is 0 Å². The maximum absolute atomic E-state index is 13.7. The van der Waals surface area contributed by atoms with E-state index in [-0.39, 0.29) is 10.6 Å². The monoisotopic (exact) mass is 339 g/mol. The minimum Gasteiger partial charge on any atom is -0.429 e. The SMILES string of the molecule is C[N+]1(C)C(Oc2c(F)c(F)c(F)c(F)c2F)C1N1CCOCC1. The normalized spacial score (nSPS) is 27.1. The maximum Gasteiger partial charge on any atom is 0.302 e. The number of benzene rings is 1. The first-order valence-corrected chi connectivity index (χ1v) is 7.10. The molecule has 2 aliphatic heterocycles. The van der Waals surface area contributed by atoms with Crippen LogP contribution in [0.5, 0.6) is 5.75 Å². The third kappa shape index (κ3) is 2.56. The van der Waals surface area contributed by atoms with Crippen LogP contribution in [0.25, 0.3) is 0 Å². The number of likely N-dealkylation sites (N-methyl/N-ethyl adjacent to an activating group) is 1. The minimum absolute atomic E-state index is 0.228. The molecule has 0 saturated carbocycles. The molecule has 2 aliphatic rings. The summed E-state index contributed by atoms with van der Waals surface area (Å²) >= 11 is 0. The van der Waals surface area contributed by atoms with Gasteiger partial charge < -0.3 is 9.47 Å². The maximum atomic E-state index is 13.7. The molecular formula is C14H16F5N2O2+. The van der Waals surface area contributed by atoms with E-state index in [0.717, 1.165) is 0 Å². The van der Waals surface area contributed by atoms with Crippen LogP contribution < -0.4 is 4.74 Å². The Labute approximate surface area is 129 Å². The van der Waals surface area contributed by atoms with E-state index in [0.29, 0.717) is 26.3 Å². The number of morpholine rings is 1. The molecule has 0 amide bonds. The molecule has 0 N–H and O–H groups in total. The highest BCUT2D eigenvalue weighted by molar-refractivity contribution is 5.30. The smallest absolute Gasteiger partial charge is 0.302 e. The fourth-order valence-electron chi connectivity index (χ4n) is 2.94. The van der Waals surface area contributed by atoms with Crippen molar-refractivity contribution < 1.29 is 35.9 Å². The quantitative estimate of drug-likeness (QED) is 0.276. The molecular weight excluding hydrogens is 323 g/mol. The van der Waals surface area contributed by atoms with Crippen LogP contribution in [-0.4, -0.2) is 62.2 Å². The number of hydrogen-bond donors (Lipinski definition) is 0. The largest absolute Gasteiger partial charge is 0.429 e. The van der Waals surface area contributed by atoms with Gasteiger partial charge in [-0.1, -0.05) is 0 Å². The van der Waals surface area contributed by atoms with Gasteiger partial charge in [0.25, 0.3) is 0 Å². The standard InChI is InChI=1S/C14H16F5N2O2/c1-21(2)13(20-3-5-22-6-4-20)14(21)23-12-10(18)8(16)7(15)9(17)11(12)19/h13-14H,3-6H2,1-2H3/q+1. The molecule has 3 rings (SSSR count). The van der Waals surface area contributed by atoms with Crippen molar-refractivity contribution in [3.63, 3.8) is 0 Å². The highest BCUT2D eigenvalue weighted by Gasteiger charge is 2.67. The Kier molecular flexibility index (Phi) is 3.97. The second-order valence-electron chi connectivity index (χ2n) is 6.10. The topological polar surface area (TPSA) is 21.7 Å². The van der Waals surface area contributed by atoms with Crippen molar-refractivity contribution in [2.75, 3.05) is 40.4 Å². The van der Waals surface area contributed by atoms with Gasteiger partial charge in [0.2, 0.25) is 41.0 Å². The number of quaternary nitrogens is 1. The number of nitrogens with zero attached hydrogens (tertiary/aromatic N) is 2. The summed E-state index contributed by atoms with van der Waals surface area (Å²) in [6.45, 7) is 2.27. The predicted octanol–water partition coefficient (Wildman–Crippen LogP) is 1.84. The second-order valence-corrected chi connectivity index (χ2v) is 6.10. The molecule has 0 radical (unpaired) electrons. The van der Waals surface area contributed by atoms with Crippen LogP contribution in [0.15, 0.2) is 0 Å². The van der Waals surface area contributed by atoms with E-state index in [9.17, 15) is 22.0 Å². The molecule has 0 aromatic heterocycles. The van der Waals surface area contributed by atoms with E-state index < -0.39 is 41.1 Å². The van der Waals surface area contributed by atoms with Gasteiger partial charge in [-0.25, -0.2) is 18.1 Å². The summed E-state index contributed by atoms with van der Waals surface area (Å²) in [4.78, 5) is 2.01. The van der Waals surface area contributed by atoms with E-state index in [4.69, 9.17) is 9.47 Å². The van der Waals surface area contributed by atoms with Crippen LogP contribution >= 0.6 is 0 Å². The molecule has 0 aliphatic carbocycles. The van der Waals surface area contributed by atoms with Crippen molar-refractivity contribution in [1.29, 1.82) is 0 Å². The van der Waals surface area contributed by atoms with Crippen LogP contribution in [0.3, 0.4) is 0 Å². The summed E-state index contributed by atoms with van der Waals surface area (Å²) in [5.41, 5.74) is 0. The molecule has 2 saturated heterocycles. The molecule has 1 aromatic carbocycles. The minimum atomic E-state index is -2.19. The number of halogens is 5. The Bertz CT molecular complexity index is 605. The summed E-state index contributed by atoms with van der Waals surface area (Å²) in [7, 11) is 3.52. The fourth-order valence-corrected chi connectivity index (χ4v) is 2.94. The van der Waals surface area contributed by atoms with Crippen molar-refractivity contribution in [2.24, 2.45) is 0 Å². The van der Waals surface area contributed by atoms with E-state index >= 15 is 0 Å². The molecule has 23 heavy (non-hydrogen) atoms. The molecule has 9 heteroatoms. The number of ether oxygens (including phenoxy) is 2. The highest BCUT2D eigenvalue weighted by Crippen LogP contribution is 2.41. The van der Waals surface area contributed by atoms with Crippen molar-refractivity contribution in [3.05, 3.63) is 29.1 Å². The number of hydrogen-bond acceptors (Lipinski definition) is 3. The molecule has 0 spiro atoms. The van der Waals surface area contributed by atoms with Crippen LogP contribution in [0.4, 0.5) is 22.0 Å². The lowest BCUT2D eigenvalue weighted by Crippen LogP contribution is -2.42. The average molecular weight is 339 g/mol. The highest BCUT2D eigenvalue weighted by atomic mass is 19.2. The molecule has 1 aromatic rings. The van der Waals surface area contributed by atoms with Gasteiger partial charge in [0.1, 0.15) is 0 Å². The third-order valence-corrected chi connectivity index (χ3v) is 4.33. The van der Waals surface area contributed by atoms with Gasteiger partial charge in [-0.05, 0) is 0 Å². The van der Waals surface area contributed by atoms with Gasteiger partial charge in [-0.15, -0.1) is 0 Å². The first-order chi connectivity index (χ1) is 10.8. The number of rotatable bonds is 3. The van der Waals surface area contributed by atoms with Crippen molar-refractivity contribution in [3.8, 4) is 5.75 Å². The van der Waals surface area contributed by atoms with Gasteiger partial charge in [0.15, 0.2) is 0 Å². The average Bonchev–Trinajstić information content (AvgIpc) is 3.09. The van der Waals surface area contributed by atoms with Gasteiger partial charge in [0, 0.05) is 13.1 Å². The van der Waals surface area contributed by atoms with Crippen LogP contribution in [0.1, 0.15) is 0 Å². The molecule has 2 heterocycles.